The molecule has 0 saturated carbocycles. The van der Waals surface area contributed by atoms with E-state index in [0.717, 1.165) is 19.1 Å². The van der Waals surface area contributed by atoms with Crippen LogP contribution in [-0.2, 0) is 8.85 Å². The van der Waals surface area contributed by atoms with Crippen molar-refractivity contribution >= 4 is 24.5 Å². The molecule has 0 aliphatic rings. The molecule has 1 atom stereocenters. The fourth-order valence-corrected chi connectivity index (χ4v) is 5.40. The first kappa shape index (κ1) is 14.3. The monoisotopic (exact) mass is 274 g/mol. The predicted octanol–water partition coefficient (Wildman–Crippen LogP) is 3.58. The van der Waals surface area contributed by atoms with Gasteiger partial charge in [0, 0.05) is 18.9 Å². The molecular weight excluding hydrogens is 252 g/mol. The van der Waals surface area contributed by atoms with Crippen molar-refractivity contribution in [3.8, 4) is 0 Å². The zero-order valence-electron chi connectivity index (χ0n) is 12.0. The van der Waals surface area contributed by atoms with Gasteiger partial charge in [-0.25, -0.2) is 0 Å². The molecule has 2 rings (SSSR count). The highest BCUT2D eigenvalue weighted by atomic mass is 28.4. The zero-order valence-corrected chi connectivity index (χ0v) is 13.0. The molecule has 19 heavy (non-hydrogen) atoms. The smallest absolute Gasteiger partial charge is 0.372 e. The molecule has 0 heterocycles. The number of fused-ring (bicyclic) bond motifs is 1. The van der Waals surface area contributed by atoms with Crippen LogP contribution in [0.5, 0.6) is 0 Å². The topological polar surface area (TPSA) is 18.5 Å². The molecule has 0 aromatic heterocycles. The molecule has 0 amide bonds. The quantitative estimate of drug-likeness (QED) is 0.750. The Morgan fingerprint density at radius 1 is 1.00 bits per heavy atom. The highest BCUT2D eigenvalue weighted by Crippen LogP contribution is 2.20. The van der Waals surface area contributed by atoms with E-state index in [1.165, 1.54) is 16.0 Å². The summed E-state index contributed by atoms with van der Waals surface area (Å²) in [7, 11) is -0.520. The van der Waals surface area contributed by atoms with Gasteiger partial charge >= 0.3 is 8.56 Å². The van der Waals surface area contributed by atoms with Crippen LogP contribution in [0.25, 0.3) is 10.8 Å². The highest BCUT2D eigenvalue weighted by molar-refractivity contribution is 6.83. The van der Waals surface area contributed by atoms with Crippen molar-refractivity contribution in [1.29, 1.82) is 0 Å². The Bertz CT molecular complexity index is 530. The molecule has 3 heteroatoms. The van der Waals surface area contributed by atoms with Crippen molar-refractivity contribution in [3.05, 3.63) is 42.5 Å². The van der Waals surface area contributed by atoms with Crippen LogP contribution in [0, 0.1) is 0 Å². The second-order valence-corrected chi connectivity index (χ2v) is 8.13. The zero-order chi connectivity index (χ0) is 13.7. The fourth-order valence-electron chi connectivity index (χ4n) is 2.51. The summed E-state index contributed by atoms with van der Waals surface area (Å²) in [5.74, 6) is 0. The molecular formula is C16H22O2Si. The molecule has 0 aliphatic heterocycles. The molecule has 2 aromatic carbocycles. The summed E-state index contributed by atoms with van der Waals surface area (Å²) in [5.41, 5.74) is 0. The summed E-state index contributed by atoms with van der Waals surface area (Å²) in [4.78, 5) is 0. The molecule has 0 aliphatic carbocycles. The average Bonchev–Trinajstić information content (AvgIpc) is 2.49. The van der Waals surface area contributed by atoms with Gasteiger partial charge in [-0.3, -0.25) is 0 Å². The van der Waals surface area contributed by atoms with E-state index < -0.39 is 8.56 Å². The fraction of sp³-hybridized carbons (Fsp3) is 0.375. The van der Waals surface area contributed by atoms with Crippen LogP contribution in [-0.4, -0.2) is 22.3 Å². The third-order valence-electron chi connectivity index (χ3n) is 3.53. The molecule has 1 unspecified atom stereocenters. The van der Waals surface area contributed by atoms with E-state index in [4.69, 9.17) is 8.85 Å². The molecule has 0 fully saturated rings. The lowest BCUT2D eigenvalue weighted by Crippen LogP contribution is -2.53. The normalized spacial score (nSPS) is 14.5. The van der Waals surface area contributed by atoms with Crippen LogP contribution in [0.3, 0.4) is 0 Å². The Kier molecular flexibility index (Phi) is 4.74. The van der Waals surface area contributed by atoms with Crippen molar-refractivity contribution in [2.75, 3.05) is 13.7 Å². The van der Waals surface area contributed by atoms with E-state index >= 15 is 0 Å². The lowest BCUT2D eigenvalue weighted by atomic mass is 10.1. The van der Waals surface area contributed by atoms with Gasteiger partial charge in [0.15, 0.2) is 0 Å². The molecule has 102 valence electrons. The minimum Gasteiger partial charge on any atom is -0.394 e. The Morgan fingerprint density at radius 3 is 2.42 bits per heavy atom. The third-order valence-corrected chi connectivity index (χ3v) is 7.05. The van der Waals surface area contributed by atoms with Crippen LogP contribution < -0.4 is 5.19 Å². The first-order chi connectivity index (χ1) is 9.27. The Morgan fingerprint density at radius 2 is 1.74 bits per heavy atom. The third kappa shape index (κ3) is 2.73. The van der Waals surface area contributed by atoms with Crippen molar-refractivity contribution in [2.45, 2.75) is 26.3 Å². The van der Waals surface area contributed by atoms with E-state index in [-0.39, 0.29) is 0 Å². The van der Waals surface area contributed by atoms with Crippen LogP contribution in [0.4, 0.5) is 0 Å². The SMILES string of the molecule is CCCO[Si](CC)(OC)c1cccc2ccccc12. The lowest BCUT2D eigenvalue weighted by Gasteiger charge is -2.29. The maximum Gasteiger partial charge on any atom is 0.372 e. The summed E-state index contributed by atoms with van der Waals surface area (Å²) in [6, 6.07) is 15.8. The summed E-state index contributed by atoms with van der Waals surface area (Å²) in [6.45, 7) is 5.05. The van der Waals surface area contributed by atoms with Crippen LogP contribution in [0.2, 0.25) is 6.04 Å². The van der Waals surface area contributed by atoms with E-state index in [9.17, 15) is 0 Å². The largest absolute Gasteiger partial charge is 0.394 e. The van der Waals surface area contributed by atoms with Gasteiger partial charge < -0.3 is 8.85 Å². The van der Waals surface area contributed by atoms with Gasteiger partial charge in [-0.05, 0) is 23.2 Å². The maximum absolute atomic E-state index is 6.19. The van der Waals surface area contributed by atoms with Gasteiger partial charge in [-0.15, -0.1) is 0 Å². The van der Waals surface area contributed by atoms with E-state index in [1.807, 2.05) is 0 Å². The molecule has 0 N–H and O–H groups in total. The van der Waals surface area contributed by atoms with Crippen molar-refractivity contribution in [3.63, 3.8) is 0 Å². The Hall–Kier alpha value is -1.16. The molecule has 0 saturated heterocycles. The van der Waals surface area contributed by atoms with Crippen LogP contribution in [0.1, 0.15) is 20.3 Å². The summed E-state index contributed by atoms with van der Waals surface area (Å²) < 4.78 is 12.1. The highest BCUT2D eigenvalue weighted by Gasteiger charge is 2.38. The minimum absolute atomic E-state index is 0.761. The maximum atomic E-state index is 6.19. The van der Waals surface area contributed by atoms with Gasteiger partial charge in [0.05, 0.1) is 0 Å². The molecule has 0 radical (unpaired) electrons. The summed E-state index contributed by atoms with van der Waals surface area (Å²) in [6.07, 6.45) is 1.02. The van der Waals surface area contributed by atoms with E-state index in [0.29, 0.717) is 0 Å². The number of hydrogen-bond donors (Lipinski definition) is 0. The Balaban J connectivity index is 2.55. The van der Waals surface area contributed by atoms with Gasteiger partial charge in [0.25, 0.3) is 0 Å². The second kappa shape index (κ2) is 6.33. The number of hydrogen-bond acceptors (Lipinski definition) is 2. The van der Waals surface area contributed by atoms with Gasteiger partial charge in [0.2, 0.25) is 0 Å². The average molecular weight is 274 g/mol. The summed E-state index contributed by atoms with van der Waals surface area (Å²) >= 11 is 0. The van der Waals surface area contributed by atoms with E-state index in [1.54, 1.807) is 7.11 Å². The molecule has 0 spiro atoms. The first-order valence-corrected chi connectivity index (χ1v) is 8.97. The molecule has 2 aromatic rings. The van der Waals surface area contributed by atoms with Crippen molar-refractivity contribution in [2.24, 2.45) is 0 Å². The summed E-state index contributed by atoms with van der Waals surface area (Å²) in [5, 5.41) is 3.77. The molecule has 0 bridgehead atoms. The minimum atomic E-state index is -2.30. The lowest BCUT2D eigenvalue weighted by molar-refractivity contribution is 0.213. The Labute approximate surface area is 116 Å². The first-order valence-electron chi connectivity index (χ1n) is 6.94. The number of benzene rings is 2. The van der Waals surface area contributed by atoms with E-state index in [2.05, 4.69) is 56.3 Å². The van der Waals surface area contributed by atoms with Gasteiger partial charge in [-0.2, -0.15) is 0 Å². The predicted molar refractivity (Wildman–Crippen MR) is 83.1 cm³/mol. The van der Waals surface area contributed by atoms with Crippen LogP contribution >= 0.6 is 0 Å². The number of rotatable bonds is 6. The van der Waals surface area contributed by atoms with Gasteiger partial charge in [-0.1, -0.05) is 56.3 Å². The molecule has 2 nitrogen and oxygen atoms in total. The second-order valence-electron chi connectivity index (χ2n) is 4.69. The van der Waals surface area contributed by atoms with Crippen LogP contribution in [0.15, 0.2) is 42.5 Å². The van der Waals surface area contributed by atoms with Crippen molar-refractivity contribution in [1.82, 2.24) is 0 Å². The van der Waals surface area contributed by atoms with Crippen molar-refractivity contribution < 1.29 is 8.85 Å². The van der Waals surface area contributed by atoms with Gasteiger partial charge in [0.1, 0.15) is 0 Å². The standard InChI is InChI=1S/C16H22O2Si/c1-4-13-18-19(5-2,17-3)16-12-8-10-14-9-6-7-11-15(14)16/h6-12H,4-5,13H2,1-3H3.